The SMILES string of the molecule is CN(C)C(O)(OC(C)(C)C)N(C)C. The molecule has 1 N–H and O–H groups in total. The first-order valence-electron chi connectivity index (χ1n) is 4.37. The highest BCUT2D eigenvalue weighted by atomic mass is 16.7. The summed E-state index contributed by atoms with van der Waals surface area (Å²) < 4.78 is 5.56. The molecule has 0 spiro atoms. The Balaban J connectivity index is 4.62. The van der Waals surface area contributed by atoms with Crippen LogP contribution in [0.5, 0.6) is 0 Å². The lowest BCUT2D eigenvalue weighted by Crippen LogP contribution is -2.59. The van der Waals surface area contributed by atoms with E-state index in [4.69, 9.17) is 4.74 Å². The van der Waals surface area contributed by atoms with E-state index in [9.17, 15) is 5.11 Å². The van der Waals surface area contributed by atoms with Gasteiger partial charge in [0, 0.05) is 0 Å². The van der Waals surface area contributed by atoms with E-state index in [0.29, 0.717) is 0 Å². The third-order valence-electron chi connectivity index (χ3n) is 1.61. The van der Waals surface area contributed by atoms with E-state index < -0.39 is 6.03 Å². The van der Waals surface area contributed by atoms with Gasteiger partial charge in [0.05, 0.1) is 5.60 Å². The molecule has 0 bridgehead atoms. The fourth-order valence-corrected chi connectivity index (χ4v) is 0.993. The van der Waals surface area contributed by atoms with Crippen molar-refractivity contribution < 1.29 is 9.84 Å². The highest BCUT2D eigenvalue weighted by molar-refractivity contribution is 4.68. The Hall–Kier alpha value is -0.160. The topological polar surface area (TPSA) is 35.9 Å². The lowest BCUT2D eigenvalue weighted by atomic mass is 10.2. The standard InChI is InChI=1S/C9H22N2O2/c1-8(2,3)13-9(12,10(4)5)11(6)7/h12H,1-7H3. The minimum absolute atomic E-state index is 0.386. The normalized spacial score (nSPS) is 14.3. The molecule has 0 aliphatic carbocycles. The molecule has 0 fully saturated rings. The molecule has 0 aromatic rings. The van der Waals surface area contributed by atoms with Gasteiger partial charge in [-0.2, -0.15) is 0 Å². The van der Waals surface area contributed by atoms with E-state index in [1.807, 2.05) is 20.8 Å². The Kier molecular flexibility index (Phi) is 3.87. The van der Waals surface area contributed by atoms with Crippen LogP contribution in [0.3, 0.4) is 0 Å². The van der Waals surface area contributed by atoms with Crippen LogP contribution in [0.4, 0.5) is 0 Å². The van der Waals surface area contributed by atoms with Crippen LogP contribution in [0, 0.1) is 0 Å². The summed E-state index contributed by atoms with van der Waals surface area (Å²) in [4.78, 5) is 3.25. The van der Waals surface area contributed by atoms with Crippen LogP contribution >= 0.6 is 0 Å². The van der Waals surface area contributed by atoms with Gasteiger partial charge in [0.25, 0.3) is 6.03 Å². The summed E-state index contributed by atoms with van der Waals surface area (Å²) in [5.74, 6) is 0. The molecule has 4 nitrogen and oxygen atoms in total. The summed E-state index contributed by atoms with van der Waals surface area (Å²) in [5, 5.41) is 10.1. The Bertz CT molecular complexity index is 153. The number of hydrogen-bond acceptors (Lipinski definition) is 4. The molecule has 0 aliphatic heterocycles. The maximum Gasteiger partial charge on any atom is 0.293 e. The Morgan fingerprint density at radius 2 is 1.23 bits per heavy atom. The fourth-order valence-electron chi connectivity index (χ4n) is 0.993. The summed E-state index contributed by atoms with van der Waals surface area (Å²) >= 11 is 0. The third kappa shape index (κ3) is 3.60. The van der Waals surface area contributed by atoms with Gasteiger partial charge >= 0.3 is 0 Å². The van der Waals surface area contributed by atoms with Crippen molar-refractivity contribution in [2.24, 2.45) is 0 Å². The van der Waals surface area contributed by atoms with Crippen LogP contribution in [0.15, 0.2) is 0 Å². The van der Waals surface area contributed by atoms with Crippen molar-refractivity contribution in [1.29, 1.82) is 0 Å². The number of rotatable bonds is 3. The molecule has 0 saturated carbocycles. The predicted molar refractivity (Wildman–Crippen MR) is 53.2 cm³/mol. The second kappa shape index (κ2) is 3.92. The van der Waals surface area contributed by atoms with Crippen LogP contribution in [0.25, 0.3) is 0 Å². The van der Waals surface area contributed by atoms with Gasteiger partial charge in [-0.3, -0.25) is 0 Å². The largest absolute Gasteiger partial charge is 0.340 e. The number of nitrogens with zero attached hydrogens (tertiary/aromatic N) is 2. The van der Waals surface area contributed by atoms with Gasteiger partial charge in [-0.25, -0.2) is 9.80 Å². The molecule has 80 valence electrons. The molecule has 0 atom stereocenters. The number of aliphatic hydroxyl groups is 1. The number of hydrogen-bond donors (Lipinski definition) is 1. The molecule has 13 heavy (non-hydrogen) atoms. The predicted octanol–water partition coefficient (Wildman–Crippen LogP) is 0.528. The fraction of sp³-hybridized carbons (Fsp3) is 1.00. The van der Waals surface area contributed by atoms with Gasteiger partial charge in [-0.15, -0.1) is 0 Å². The minimum atomic E-state index is -1.35. The highest BCUT2D eigenvalue weighted by Gasteiger charge is 2.37. The van der Waals surface area contributed by atoms with Gasteiger partial charge in [-0.1, -0.05) is 0 Å². The summed E-state index contributed by atoms with van der Waals surface area (Å²) in [6.45, 7) is 5.72. The van der Waals surface area contributed by atoms with E-state index in [-0.39, 0.29) is 5.60 Å². The van der Waals surface area contributed by atoms with Crippen molar-refractivity contribution in [3.8, 4) is 0 Å². The van der Waals surface area contributed by atoms with E-state index in [1.54, 1.807) is 38.0 Å². The van der Waals surface area contributed by atoms with Crippen LogP contribution in [-0.2, 0) is 4.74 Å². The van der Waals surface area contributed by atoms with Crippen LogP contribution in [0.2, 0.25) is 0 Å². The summed E-state index contributed by atoms with van der Waals surface area (Å²) in [5.41, 5.74) is -0.386. The zero-order valence-corrected chi connectivity index (χ0v) is 9.75. The molecule has 0 radical (unpaired) electrons. The second-order valence-corrected chi connectivity index (χ2v) is 4.58. The van der Waals surface area contributed by atoms with Crippen molar-refractivity contribution in [2.75, 3.05) is 28.2 Å². The Labute approximate surface area is 81.1 Å². The Morgan fingerprint density at radius 1 is 0.923 bits per heavy atom. The first-order valence-corrected chi connectivity index (χ1v) is 4.37. The molecule has 0 heterocycles. The summed E-state index contributed by atoms with van der Waals surface area (Å²) in [7, 11) is 7.08. The van der Waals surface area contributed by atoms with E-state index in [2.05, 4.69) is 0 Å². The first-order chi connectivity index (χ1) is 5.59. The molecule has 0 saturated heterocycles. The number of ether oxygens (including phenoxy) is 1. The van der Waals surface area contributed by atoms with Crippen LogP contribution < -0.4 is 0 Å². The van der Waals surface area contributed by atoms with Crippen molar-refractivity contribution in [1.82, 2.24) is 9.80 Å². The van der Waals surface area contributed by atoms with Crippen LogP contribution in [-0.4, -0.2) is 54.7 Å². The average molecular weight is 190 g/mol. The van der Waals surface area contributed by atoms with Crippen molar-refractivity contribution in [2.45, 2.75) is 32.4 Å². The average Bonchev–Trinajstić information content (AvgIpc) is 1.82. The monoisotopic (exact) mass is 190 g/mol. The second-order valence-electron chi connectivity index (χ2n) is 4.58. The molecule has 0 unspecified atom stereocenters. The smallest absolute Gasteiger partial charge is 0.293 e. The van der Waals surface area contributed by atoms with Crippen molar-refractivity contribution >= 4 is 0 Å². The van der Waals surface area contributed by atoms with E-state index >= 15 is 0 Å². The van der Waals surface area contributed by atoms with Crippen molar-refractivity contribution in [3.05, 3.63) is 0 Å². The highest BCUT2D eigenvalue weighted by Crippen LogP contribution is 2.21. The zero-order chi connectivity index (χ0) is 10.9. The van der Waals surface area contributed by atoms with Crippen molar-refractivity contribution in [3.63, 3.8) is 0 Å². The lowest BCUT2D eigenvalue weighted by molar-refractivity contribution is -0.379. The molecular weight excluding hydrogens is 168 g/mol. The van der Waals surface area contributed by atoms with E-state index in [1.165, 1.54) is 0 Å². The van der Waals surface area contributed by atoms with Gasteiger partial charge in [-0.05, 0) is 49.0 Å². The summed E-state index contributed by atoms with van der Waals surface area (Å²) in [6.07, 6.45) is 0. The molecule has 0 aromatic heterocycles. The van der Waals surface area contributed by atoms with Crippen LogP contribution in [0.1, 0.15) is 20.8 Å². The molecule has 0 amide bonds. The Morgan fingerprint density at radius 3 is 1.31 bits per heavy atom. The molecular formula is C9H22N2O2. The minimum Gasteiger partial charge on any atom is -0.340 e. The zero-order valence-electron chi connectivity index (χ0n) is 9.75. The third-order valence-corrected chi connectivity index (χ3v) is 1.61. The lowest BCUT2D eigenvalue weighted by Gasteiger charge is -2.43. The maximum absolute atomic E-state index is 10.1. The molecule has 0 aromatic carbocycles. The summed E-state index contributed by atoms with van der Waals surface area (Å²) in [6, 6.07) is -1.35. The first kappa shape index (κ1) is 12.8. The van der Waals surface area contributed by atoms with Gasteiger partial charge in [0.2, 0.25) is 0 Å². The molecule has 0 aliphatic rings. The molecule has 0 rings (SSSR count). The van der Waals surface area contributed by atoms with Gasteiger partial charge in [0.1, 0.15) is 0 Å². The quantitative estimate of drug-likeness (QED) is 0.659. The van der Waals surface area contributed by atoms with E-state index in [0.717, 1.165) is 0 Å². The maximum atomic E-state index is 10.1. The van der Waals surface area contributed by atoms with Gasteiger partial charge < -0.3 is 9.84 Å². The van der Waals surface area contributed by atoms with Gasteiger partial charge in [0.15, 0.2) is 0 Å². The molecule has 4 heteroatoms.